The Labute approximate surface area is 249 Å². The molecule has 214 valence electrons. The third-order valence-electron chi connectivity index (χ3n) is 8.99. The maximum atomic E-state index is 14.1. The third kappa shape index (κ3) is 4.19. The highest BCUT2D eigenvalue weighted by Gasteiger charge is 2.66. The third-order valence-corrected chi connectivity index (χ3v) is 8.99. The van der Waals surface area contributed by atoms with Gasteiger partial charge in [0.2, 0.25) is 11.8 Å². The van der Waals surface area contributed by atoms with Crippen molar-refractivity contribution in [2.45, 2.75) is 18.6 Å². The van der Waals surface area contributed by atoms with Crippen LogP contribution in [0, 0.1) is 23.7 Å². The Morgan fingerprint density at radius 3 is 2.09 bits per heavy atom. The number of fused-ring (bicyclic) bond motifs is 5. The topological polar surface area (TPSA) is 104 Å². The van der Waals surface area contributed by atoms with Crippen LogP contribution in [-0.4, -0.2) is 49.5 Å². The molecule has 2 unspecified atom stereocenters. The van der Waals surface area contributed by atoms with Gasteiger partial charge in [-0.2, -0.15) is 0 Å². The van der Waals surface area contributed by atoms with Gasteiger partial charge in [-0.3, -0.25) is 24.5 Å². The van der Waals surface area contributed by atoms with Crippen LogP contribution in [0.15, 0.2) is 127 Å². The molecule has 7 rings (SSSR count). The molecular weight excluding hydrogens is 538 g/mol. The molecule has 1 saturated heterocycles. The summed E-state index contributed by atoms with van der Waals surface area (Å²) in [6, 6.07) is 30.4. The number of hydrogen-bond acceptors (Lipinski definition) is 6. The Hall–Kier alpha value is -4.72. The van der Waals surface area contributed by atoms with Crippen LogP contribution in [0.1, 0.15) is 29.4 Å². The molecule has 2 N–H and O–H groups in total. The highest BCUT2D eigenvalue weighted by molar-refractivity contribution is 6.08. The number of carbonyl (C=O) groups is 2. The molecule has 1 saturated carbocycles. The lowest BCUT2D eigenvalue weighted by atomic mass is 9.71. The molecule has 2 amide bonds. The minimum atomic E-state index is -1.66. The van der Waals surface area contributed by atoms with Crippen LogP contribution in [0.5, 0.6) is 0 Å². The number of nitrogens with zero attached hydrogens (tertiary/aromatic N) is 3. The van der Waals surface area contributed by atoms with Crippen molar-refractivity contribution in [1.29, 1.82) is 0 Å². The smallest absolute Gasteiger partial charge is 0.234 e. The minimum absolute atomic E-state index is 0.0620. The first-order chi connectivity index (χ1) is 20.9. The lowest BCUT2D eigenvalue weighted by Gasteiger charge is -2.36. The molecular formula is C36H31N3O4. The summed E-state index contributed by atoms with van der Waals surface area (Å²) in [7, 11) is 0. The molecule has 3 aliphatic rings. The van der Waals surface area contributed by atoms with Crippen LogP contribution < -0.4 is 0 Å². The second-order valence-electron chi connectivity index (χ2n) is 11.5. The van der Waals surface area contributed by atoms with Gasteiger partial charge in [-0.25, -0.2) is 0 Å². The van der Waals surface area contributed by atoms with Crippen LogP contribution in [0.4, 0.5) is 0 Å². The Kier molecular flexibility index (Phi) is 6.64. The number of likely N-dealkylation sites (tertiary alicyclic amines) is 1. The van der Waals surface area contributed by atoms with Crippen molar-refractivity contribution >= 4 is 17.4 Å². The van der Waals surface area contributed by atoms with Gasteiger partial charge in [0, 0.05) is 29.8 Å². The van der Waals surface area contributed by atoms with Crippen LogP contribution in [0.2, 0.25) is 0 Å². The summed E-state index contributed by atoms with van der Waals surface area (Å²) in [6.07, 6.45) is 4.52. The molecule has 6 atom stereocenters. The number of allylic oxidation sites excluding steroid dienone is 2. The maximum absolute atomic E-state index is 14.1. The number of hydrogen-bond donors (Lipinski definition) is 2. The molecule has 2 aromatic carbocycles. The number of β-amino-alcohol motifs (C(OH)–C–C–N with tert-alkyl or cyclic N) is 1. The number of aromatic nitrogens is 2. The Morgan fingerprint density at radius 2 is 1.47 bits per heavy atom. The monoisotopic (exact) mass is 569 g/mol. The van der Waals surface area contributed by atoms with Gasteiger partial charge in [0.05, 0.1) is 35.9 Å². The number of rotatable bonds is 7. The number of benzene rings is 2. The van der Waals surface area contributed by atoms with E-state index >= 15 is 0 Å². The van der Waals surface area contributed by atoms with E-state index in [9.17, 15) is 19.8 Å². The molecule has 43 heavy (non-hydrogen) atoms. The molecule has 2 aliphatic carbocycles. The van der Waals surface area contributed by atoms with Gasteiger partial charge in [0.25, 0.3) is 0 Å². The van der Waals surface area contributed by atoms with E-state index in [1.54, 1.807) is 31.5 Å². The Bertz CT molecular complexity index is 1660. The number of aliphatic hydroxyl groups is 2. The number of carbonyl (C=O) groups excluding carboxylic acids is 2. The van der Waals surface area contributed by atoms with Gasteiger partial charge < -0.3 is 10.2 Å². The van der Waals surface area contributed by atoms with Gasteiger partial charge in [0.1, 0.15) is 0 Å². The fourth-order valence-electron chi connectivity index (χ4n) is 7.36. The summed E-state index contributed by atoms with van der Waals surface area (Å²) < 4.78 is 0. The van der Waals surface area contributed by atoms with Gasteiger partial charge in [-0.05, 0) is 53.5 Å². The molecule has 4 aromatic rings. The van der Waals surface area contributed by atoms with Crippen molar-refractivity contribution in [1.82, 2.24) is 14.9 Å². The standard InChI is InChI=1S/C36H31N3O4/c1-22(40)21-39-34(41)31-25-20-26(36(43,24-14-6-3-7-15-24)28-17-9-11-19-38-28)32(33(31)35(39)42)30(25)29(23-12-4-2-5-13-23)27-16-8-10-18-37-27/h2-20,22,25,31-33,40,43H,21H2,1H3/t22?,25-,31-,32+,33-,36?/m0/s1. The predicted molar refractivity (Wildman–Crippen MR) is 161 cm³/mol. The molecule has 0 radical (unpaired) electrons. The van der Waals surface area contributed by atoms with Gasteiger partial charge in [-0.1, -0.05) is 78.9 Å². The average molecular weight is 570 g/mol. The number of imide groups is 1. The fraction of sp³-hybridized carbons (Fsp3) is 0.222. The second kappa shape index (κ2) is 10.5. The predicted octanol–water partition coefficient (Wildman–Crippen LogP) is 4.38. The molecule has 7 heteroatoms. The fourth-order valence-corrected chi connectivity index (χ4v) is 7.36. The zero-order valence-electron chi connectivity index (χ0n) is 23.6. The minimum Gasteiger partial charge on any atom is -0.392 e. The van der Waals surface area contributed by atoms with Crippen molar-refractivity contribution < 1.29 is 19.8 Å². The van der Waals surface area contributed by atoms with E-state index in [2.05, 4.69) is 4.98 Å². The zero-order valence-corrected chi connectivity index (χ0v) is 23.6. The molecule has 7 nitrogen and oxygen atoms in total. The first-order valence-corrected chi connectivity index (χ1v) is 14.6. The lowest BCUT2D eigenvalue weighted by molar-refractivity contribution is -0.141. The highest BCUT2D eigenvalue weighted by atomic mass is 16.3. The SMILES string of the molecule is CC(O)CN1C(=O)[C@@H]2[C@@H]3C(C(O)(c4ccccc4)c4ccccn4)=C[C@@H](C3=C(c3ccccc3)c3ccccn3)[C@@H]2C1=O. The van der Waals surface area contributed by atoms with Crippen LogP contribution in [0.25, 0.3) is 5.57 Å². The van der Waals surface area contributed by atoms with Gasteiger partial charge in [0.15, 0.2) is 5.60 Å². The van der Waals surface area contributed by atoms with E-state index in [1.807, 2.05) is 91.0 Å². The Morgan fingerprint density at radius 1 is 0.837 bits per heavy atom. The van der Waals surface area contributed by atoms with E-state index in [0.29, 0.717) is 16.8 Å². The summed E-state index contributed by atoms with van der Waals surface area (Å²) in [4.78, 5) is 38.6. The number of amides is 2. The quantitative estimate of drug-likeness (QED) is 0.253. The van der Waals surface area contributed by atoms with Crippen LogP contribution >= 0.6 is 0 Å². The van der Waals surface area contributed by atoms with Crippen molar-refractivity contribution in [2.24, 2.45) is 23.7 Å². The zero-order chi connectivity index (χ0) is 29.7. The maximum Gasteiger partial charge on any atom is 0.234 e. The molecule has 2 fully saturated rings. The molecule has 2 aromatic heterocycles. The van der Waals surface area contributed by atoms with E-state index in [0.717, 1.165) is 22.4 Å². The van der Waals surface area contributed by atoms with E-state index in [-0.39, 0.29) is 18.4 Å². The van der Waals surface area contributed by atoms with Crippen LogP contribution in [0.3, 0.4) is 0 Å². The lowest BCUT2D eigenvalue weighted by Crippen LogP contribution is -2.40. The summed E-state index contributed by atoms with van der Waals surface area (Å²) in [6.45, 7) is 1.51. The van der Waals surface area contributed by atoms with Crippen molar-refractivity contribution in [2.75, 3.05) is 6.54 Å². The largest absolute Gasteiger partial charge is 0.392 e. The molecule has 1 aliphatic heterocycles. The van der Waals surface area contributed by atoms with E-state index < -0.39 is 35.4 Å². The number of pyridine rings is 2. The summed E-state index contributed by atoms with van der Waals surface area (Å²) in [5.74, 6) is -3.04. The number of aliphatic hydroxyl groups excluding tert-OH is 1. The van der Waals surface area contributed by atoms with Gasteiger partial charge >= 0.3 is 0 Å². The Balaban J connectivity index is 1.51. The molecule has 0 spiro atoms. The van der Waals surface area contributed by atoms with Gasteiger partial charge in [-0.15, -0.1) is 0 Å². The van der Waals surface area contributed by atoms with E-state index in [1.165, 1.54) is 4.90 Å². The molecule has 2 bridgehead atoms. The first kappa shape index (κ1) is 27.1. The summed E-state index contributed by atoms with van der Waals surface area (Å²) >= 11 is 0. The average Bonchev–Trinajstić information content (AvgIpc) is 3.66. The van der Waals surface area contributed by atoms with Crippen molar-refractivity contribution in [3.63, 3.8) is 0 Å². The normalized spacial score (nSPS) is 25.7. The summed E-state index contributed by atoms with van der Waals surface area (Å²) in [5.41, 5.74) is 3.44. The second-order valence-corrected chi connectivity index (χ2v) is 11.5. The van der Waals surface area contributed by atoms with E-state index in [4.69, 9.17) is 4.98 Å². The van der Waals surface area contributed by atoms with Crippen LogP contribution in [-0.2, 0) is 15.2 Å². The molecule has 3 heterocycles. The highest BCUT2D eigenvalue weighted by Crippen LogP contribution is 2.64. The van der Waals surface area contributed by atoms with Crippen molar-refractivity contribution in [3.05, 3.63) is 149 Å². The first-order valence-electron chi connectivity index (χ1n) is 14.6. The van der Waals surface area contributed by atoms with Crippen molar-refractivity contribution in [3.8, 4) is 0 Å². The summed E-state index contributed by atoms with van der Waals surface area (Å²) in [5, 5.41) is 23.0.